The molecule has 0 saturated carbocycles. The van der Waals surface area contributed by atoms with E-state index in [-0.39, 0.29) is 11.3 Å². The van der Waals surface area contributed by atoms with Crippen LogP contribution < -0.4 is 0 Å². The number of nitro benzene ring substituents is 1. The van der Waals surface area contributed by atoms with Crippen molar-refractivity contribution in [2.45, 2.75) is 6.92 Å². The summed E-state index contributed by atoms with van der Waals surface area (Å²) in [6.07, 6.45) is 0. The zero-order valence-electron chi connectivity index (χ0n) is 8.76. The van der Waals surface area contributed by atoms with Crippen LogP contribution >= 0.6 is 0 Å². The Hall–Kier alpha value is -2.42. The second-order valence-corrected chi connectivity index (χ2v) is 3.43. The molecule has 2 aromatic rings. The van der Waals surface area contributed by atoms with Crippen LogP contribution in [0.4, 0.5) is 5.69 Å². The lowest BCUT2D eigenvalue weighted by atomic mass is 10.1. The maximum atomic E-state index is 11.0. The maximum absolute atomic E-state index is 11.0. The Kier molecular flexibility index (Phi) is 2.09. The van der Waals surface area contributed by atoms with E-state index in [1.54, 1.807) is 24.7 Å². The van der Waals surface area contributed by atoms with Gasteiger partial charge < -0.3 is 0 Å². The molecule has 16 heavy (non-hydrogen) atoms. The molecular weight excluding hydrogens is 208 g/mol. The third-order valence-corrected chi connectivity index (χ3v) is 2.56. The van der Waals surface area contributed by atoms with Crippen molar-refractivity contribution in [3.05, 3.63) is 33.5 Å². The Balaban J connectivity index is 3.00. The molecule has 1 heterocycles. The largest absolute Gasteiger partial charge is 0.298 e. The van der Waals surface area contributed by atoms with Crippen molar-refractivity contribution < 1.29 is 4.92 Å². The molecule has 80 valence electrons. The zero-order valence-corrected chi connectivity index (χ0v) is 8.76. The van der Waals surface area contributed by atoms with E-state index < -0.39 is 4.92 Å². The van der Waals surface area contributed by atoms with E-state index in [1.165, 1.54) is 6.07 Å². The first-order chi connectivity index (χ1) is 7.56. The lowest BCUT2D eigenvalue weighted by molar-refractivity contribution is -0.383. The van der Waals surface area contributed by atoms with Gasteiger partial charge in [-0.15, -0.1) is 0 Å². The van der Waals surface area contributed by atoms with E-state index in [9.17, 15) is 10.1 Å². The van der Waals surface area contributed by atoms with Crippen LogP contribution in [0, 0.1) is 28.4 Å². The van der Waals surface area contributed by atoms with Crippen molar-refractivity contribution in [2.24, 2.45) is 7.05 Å². The molecule has 6 heteroatoms. The zero-order chi connectivity index (χ0) is 11.9. The molecule has 0 bridgehead atoms. The highest BCUT2D eigenvalue weighted by Gasteiger charge is 2.22. The van der Waals surface area contributed by atoms with Gasteiger partial charge in [0.05, 0.1) is 10.4 Å². The van der Waals surface area contributed by atoms with Crippen LogP contribution in [0.15, 0.2) is 12.1 Å². The second kappa shape index (κ2) is 3.31. The summed E-state index contributed by atoms with van der Waals surface area (Å²) in [6.45, 7) is 1.74. The number of hydrogen-bond donors (Lipinski definition) is 0. The fourth-order valence-electron chi connectivity index (χ4n) is 1.70. The van der Waals surface area contributed by atoms with Crippen molar-refractivity contribution in [2.75, 3.05) is 0 Å². The van der Waals surface area contributed by atoms with Crippen molar-refractivity contribution in [3.8, 4) is 6.07 Å². The Morgan fingerprint density at radius 3 is 2.81 bits per heavy atom. The molecule has 0 aliphatic carbocycles. The van der Waals surface area contributed by atoms with Gasteiger partial charge in [-0.1, -0.05) is 0 Å². The number of benzene rings is 1. The van der Waals surface area contributed by atoms with Crippen molar-refractivity contribution in [1.29, 1.82) is 5.26 Å². The van der Waals surface area contributed by atoms with Gasteiger partial charge in [0, 0.05) is 12.7 Å². The van der Waals surface area contributed by atoms with E-state index in [0.717, 1.165) is 0 Å². The smallest absolute Gasteiger partial charge is 0.271 e. The molecule has 0 amide bonds. The number of aryl methyl sites for hydroxylation is 2. The van der Waals surface area contributed by atoms with Crippen LogP contribution in [-0.2, 0) is 7.05 Å². The van der Waals surface area contributed by atoms with E-state index in [2.05, 4.69) is 5.10 Å². The molecule has 0 spiro atoms. The van der Waals surface area contributed by atoms with Crippen molar-refractivity contribution in [1.82, 2.24) is 9.78 Å². The molecule has 0 saturated heterocycles. The summed E-state index contributed by atoms with van der Waals surface area (Å²) in [6, 6.07) is 4.87. The van der Waals surface area contributed by atoms with Gasteiger partial charge in [-0.05, 0) is 19.1 Å². The summed E-state index contributed by atoms with van der Waals surface area (Å²) in [4.78, 5) is 10.4. The maximum Gasteiger partial charge on any atom is 0.298 e. The summed E-state index contributed by atoms with van der Waals surface area (Å²) in [7, 11) is 1.71. The van der Waals surface area contributed by atoms with E-state index in [4.69, 9.17) is 5.26 Å². The average Bonchev–Trinajstić information content (AvgIpc) is 2.53. The fraction of sp³-hybridized carbons (Fsp3) is 0.200. The van der Waals surface area contributed by atoms with Crippen LogP contribution in [0.1, 0.15) is 11.3 Å². The SMILES string of the molecule is Cc1c2c([N+](=O)[O-])c(C#N)ccc2nn1C. The van der Waals surface area contributed by atoms with Gasteiger partial charge in [-0.25, -0.2) is 0 Å². The number of nitrogens with zero attached hydrogens (tertiary/aromatic N) is 4. The van der Waals surface area contributed by atoms with Crippen LogP contribution in [-0.4, -0.2) is 14.7 Å². The predicted octanol–water partition coefficient (Wildman–Crippen LogP) is 1.66. The number of nitriles is 1. The van der Waals surface area contributed by atoms with Gasteiger partial charge in [-0.2, -0.15) is 10.4 Å². The minimum Gasteiger partial charge on any atom is -0.271 e. The minimum absolute atomic E-state index is 0.0635. The van der Waals surface area contributed by atoms with E-state index >= 15 is 0 Å². The Bertz CT molecular complexity index is 636. The number of fused-ring (bicyclic) bond motifs is 1. The monoisotopic (exact) mass is 216 g/mol. The van der Waals surface area contributed by atoms with Gasteiger partial charge in [0.15, 0.2) is 0 Å². The summed E-state index contributed by atoms with van der Waals surface area (Å²) < 4.78 is 1.57. The van der Waals surface area contributed by atoms with Gasteiger partial charge in [0.1, 0.15) is 17.0 Å². The van der Waals surface area contributed by atoms with Gasteiger partial charge in [-0.3, -0.25) is 14.8 Å². The summed E-state index contributed by atoms with van der Waals surface area (Å²) in [5.41, 5.74) is 1.11. The first-order valence-corrected chi connectivity index (χ1v) is 4.57. The Morgan fingerprint density at radius 2 is 2.25 bits per heavy atom. The molecule has 1 aromatic heterocycles. The second-order valence-electron chi connectivity index (χ2n) is 3.43. The van der Waals surface area contributed by atoms with Crippen molar-refractivity contribution in [3.63, 3.8) is 0 Å². The molecule has 0 radical (unpaired) electrons. The molecule has 0 N–H and O–H groups in total. The number of rotatable bonds is 1. The Morgan fingerprint density at radius 1 is 1.56 bits per heavy atom. The summed E-state index contributed by atoms with van der Waals surface area (Å²) >= 11 is 0. The third kappa shape index (κ3) is 1.22. The first-order valence-electron chi connectivity index (χ1n) is 4.57. The molecule has 1 aromatic carbocycles. The molecule has 0 unspecified atom stereocenters. The summed E-state index contributed by atoms with van der Waals surface area (Å²) in [5, 5.41) is 24.4. The highest BCUT2D eigenvalue weighted by molar-refractivity contribution is 5.93. The highest BCUT2D eigenvalue weighted by atomic mass is 16.6. The topological polar surface area (TPSA) is 84.8 Å². The van der Waals surface area contributed by atoms with Crippen LogP contribution in [0.2, 0.25) is 0 Å². The molecule has 0 fully saturated rings. The molecule has 2 rings (SSSR count). The average molecular weight is 216 g/mol. The minimum atomic E-state index is -0.532. The van der Waals surface area contributed by atoms with Gasteiger partial charge in [0.2, 0.25) is 0 Å². The molecule has 0 atom stereocenters. The quantitative estimate of drug-likeness (QED) is 0.536. The lowest BCUT2D eigenvalue weighted by Gasteiger charge is -1.97. The molecule has 6 nitrogen and oxygen atoms in total. The van der Waals surface area contributed by atoms with Crippen molar-refractivity contribution >= 4 is 16.6 Å². The lowest BCUT2D eigenvalue weighted by Crippen LogP contribution is -1.95. The molecule has 0 aliphatic heterocycles. The normalized spacial score (nSPS) is 10.3. The predicted molar refractivity (Wildman–Crippen MR) is 56.8 cm³/mol. The fourth-order valence-corrected chi connectivity index (χ4v) is 1.70. The van der Waals surface area contributed by atoms with Gasteiger partial charge >= 0.3 is 0 Å². The Labute approximate surface area is 90.9 Å². The molecular formula is C10H8N4O2. The van der Waals surface area contributed by atoms with Gasteiger partial charge in [0.25, 0.3) is 5.69 Å². The van der Waals surface area contributed by atoms with E-state index in [0.29, 0.717) is 16.6 Å². The van der Waals surface area contributed by atoms with Crippen LogP contribution in [0.5, 0.6) is 0 Å². The summed E-state index contributed by atoms with van der Waals surface area (Å²) in [5.74, 6) is 0. The van der Waals surface area contributed by atoms with Crippen LogP contribution in [0.25, 0.3) is 10.9 Å². The molecule has 0 aliphatic rings. The standard InChI is InChI=1S/C10H8N4O2/c1-6-9-8(12-13(6)2)4-3-7(5-11)10(9)14(15)16/h3-4H,1-2H3. The first kappa shape index (κ1) is 10.1. The van der Waals surface area contributed by atoms with Crippen LogP contribution in [0.3, 0.4) is 0 Å². The number of nitro groups is 1. The van der Waals surface area contributed by atoms with E-state index in [1.807, 2.05) is 6.07 Å². The number of aromatic nitrogens is 2. The highest BCUT2D eigenvalue weighted by Crippen LogP contribution is 2.30. The third-order valence-electron chi connectivity index (χ3n) is 2.56. The number of hydrogen-bond acceptors (Lipinski definition) is 4.